The number of ether oxygens (including phenoxy) is 1. The topological polar surface area (TPSA) is 65.2 Å². The van der Waals surface area contributed by atoms with E-state index in [9.17, 15) is 4.79 Å². The van der Waals surface area contributed by atoms with E-state index in [1.165, 1.54) is 13.3 Å². The smallest absolute Gasteiger partial charge is 0.249 e. The van der Waals surface area contributed by atoms with E-state index in [-0.39, 0.29) is 0 Å². The van der Waals surface area contributed by atoms with E-state index in [1.54, 1.807) is 13.0 Å². The Hall–Kier alpha value is -1.58. The molecule has 0 atom stereocenters. The molecule has 0 aliphatic carbocycles. The van der Waals surface area contributed by atoms with Crippen molar-refractivity contribution in [3.05, 3.63) is 23.4 Å². The van der Waals surface area contributed by atoms with Crippen LogP contribution < -0.4 is 10.5 Å². The van der Waals surface area contributed by atoms with Crippen molar-refractivity contribution in [3.63, 3.8) is 0 Å². The highest BCUT2D eigenvalue weighted by Crippen LogP contribution is 2.16. The second-order valence-corrected chi connectivity index (χ2v) is 2.36. The molecule has 0 saturated carbocycles. The summed E-state index contributed by atoms with van der Waals surface area (Å²) in [6, 6.07) is 1.57. The summed E-state index contributed by atoms with van der Waals surface area (Å²) >= 11 is 0. The average molecular weight is 166 g/mol. The molecule has 0 unspecified atom stereocenters. The lowest BCUT2D eigenvalue weighted by Gasteiger charge is -2.05. The van der Waals surface area contributed by atoms with E-state index in [2.05, 4.69) is 4.98 Å². The Bertz CT molecular complexity index is 310. The van der Waals surface area contributed by atoms with Crippen LogP contribution in [0.4, 0.5) is 0 Å². The first-order valence-corrected chi connectivity index (χ1v) is 3.46. The Kier molecular flexibility index (Phi) is 2.28. The second-order valence-electron chi connectivity index (χ2n) is 2.36. The van der Waals surface area contributed by atoms with Gasteiger partial charge in [0.05, 0.1) is 7.11 Å². The number of aromatic nitrogens is 1. The van der Waals surface area contributed by atoms with Gasteiger partial charge in [0.1, 0.15) is 0 Å². The van der Waals surface area contributed by atoms with Crippen molar-refractivity contribution in [2.75, 3.05) is 7.11 Å². The van der Waals surface area contributed by atoms with Crippen molar-refractivity contribution in [1.82, 2.24) is 4.98 Å². The van der Waals surface area contributed by atoms with Crippen LogP contribution in [-0.2, 0) is 0 Å². The largest absolute Gasteiger partial charge is 0.481 e. The molecule has 1 rings (SSSR count). The fraction of sp³-hybridized carbons (Fsp3) is 0.250. The molecule has 0 bridgehead atoms. The van der Waals surface area contributed by atoms with Gasteiger partial charge >= 0.3 is 0 Å². The molecule has 0 aromatic carbocycles. The third-order valence-electron chi connectivity index (χ3n) is 1.62. The molecule has 2 N–H and O–H groups in total. The minimum atomic E-state index is -0.465. The van der Waals surface area contributed by atoms with E-state index in [0.29, 0.717) is 17.0 Å². The summed E-state index contributed by atoms with van der Waals surface area (Å²) in [5, 5.41) is 0. The van der Waals surface area contributed by atoms with Crippen molar-refractivity contribution in [2.45, 2.75) is 6.92 Å². The van der Waals surface area contributed by atoms with Crippen molar-refractivity contribution >= 4 is 5.91 Å². The predicted molar refractivity (Wildman–Crippen MR) is 44.0 cm³/mol. The van der Waals surface area contributed by atoms with Crippen LogP contribution in [0, 0.1) is 6.92 Å². The Labute approximate surface area is 70.4 Å². The molecule has 1 amide bonds. The van der Waals surface area contributed by atoms with Gasteiger partial charge < -0.3 is 10.5 Å². The van der Waals surface area contributed by atoms with Gasteiger partial charge in [0.2, 0.25) is 11.8 Å². The zero-order valence-electron chi connectivity index (χ0n) is 7.00. The van der Waals surface area contributed by atoms with Crippen LogP contribution in [0.5, 0.6) is 5.88 Å². The molecule has 4 heteroatoms. The van der Waals surface area contributed by atoms with Gasteiger partial charge in [-0.3, -0.25) is 4.79 Å². The van der Waals surface area contributed by atoms with Crippen LogP contribution >= 0.6 is 0 Å². The molecule has 0 spiro atoms. The van der Waals surface area contributed by atoms with E-state index in [0.717, 1.165) is 0 Å². The van der Waals surface area contributed by atoms with Gasteiger partial charge in [-0.2, -0.15) is 0 Å². The van der Waals surface area contributed by atoms with E-state index < -0.39 is 5.91 Å². The first-order chi connectivity index (χ1) is 5.66. The quantitative estimate of drug-likeness (QED) is 0.695. The highest BCUT2D eigenvalue weighted by atomic mass is 16.5. The lowest BCUT2D eigenvalue weighted by Crippen LogP contribution is -2.13. The summed E-state index contributed by atoms with van der Waals surface area (Å²) in [7, 11) is 1.50. The molecule has 0 radical (unpaired) electrons. The number of primary amides is 1. The van der Waals surface area contributed by atoms with Crippen molar-refractivity contribution in [3.8, 4) is 5.88 Å². The number of methoxy groups -OCH3 is 1. The van der Waals surface area contributed by atoms with Crippen LogP contribution in [0.1, 0.15) is 15.9 Å². The molecule has 1 aromatic heterocycles. The summed E-state index contributed by atoms with van der Waals surface area (Å²) in [5.74, 6) is -0.0282. The van der Waals surface area contributed by atoms with Gasteiger partial charge in [-0.05, 0) is 13.0 Å². The highest BCUT2D eigenvalue weighted by molar-refractivity contribution is 5.94. The average Bonchev–Trinajstić information content (AvgIpc) is 2.04. The molecule has 1 heterocycles. The standard InChI is InChI=1S/C8H10N2O2/c1-5-6(7(9)11)3-4-10-8(5)12-2/h3-4H,1-2H3,(H2,9,11). The first-order valence-electron chi connectivity index (χ1n) is 3.46. The maximum Gasteiger partial charge on any atom is 0.249 e. The van der Waals surface area contributed by atoms with Crippen LogP contribution in [0.3, 0.4) is 0 Å². The second kappa shape index (κ2) is 3.21. The molecular formula is C8H10N2O2. The number of carbonyl (C=O) groups is 1. The zero-order valence-corrected chi connectivity index (χ0v) is 7.00. The van der Waals surface area contributed by atoms with Crippen LogP contribution in [-0.4, -0.2) is 18.0 Å². The SMILES string of the molecule is COc1nccc(C(N)=O)c1C. The third-order valence-corrected chi connectivity index (χ3v) is 1.62. The van der Waals surface area contributed by atoms with E-state index in [1.807, 2.05) is 0 Å². The zero-order chi connectivity index (χ0) is 9.14. The molecular weight excluding hydrogens is 156 g/mol. The minimum absolute atomic E-state index is 0.436. The number of nitrogens with two attached hydrogens (primary N) is 1. The molecule has 12 heavy (non-hydrogen) atoms. The predicted octanol–water partition coefficient (Wildman–Crippen LogP) is 0.498. The lowest BCUT2D eigenvalue weighted by molar-refractivity contribution is 0.0999. The maximum absolute atomic E-state index is 10.8. The molecule has 0 saturated heterocycles. The number of amides is 1. The van der Waals surface area contributed by atoms with Crippen molar-refractivity contribution < 1.29 is 9.53 Å². The van der Waals surface area contributed by atoms with Gasteiger partial charge in [-0.1, -0.05) is 0 Å². The minimum Gasteiger partial charge on any atom is -0.481 e. The van der Waals surface area contributed by atoms with Gasteiger partial charge in [-0.15, -0.1) is 0 Å². The first kappa shape index (κ1) is 8.52. The summed E-state index contributed by atoms with van der Waals surface area (Å²) in [6.07, 6.45) is 1.49. The molecule has 64 valence electrons. The Balaban J connectivity index is 3.23. The Morgan fingerprint density at radius 2 is 2.33 bits per heavy atom. The van der Waals surface area contributed by atoms with Crippen molar-refractivity contribution in [2.24, 2.45) is 5.73 Å². The number of rotatable bonds is 2. The number of hydrogen-bond donors (Lipinski definition) is 1. The Morgan fingerprint density at radius 1 is 1.67 bits per heavy atom. The van der Waals surface area contributed by atoms with E-state index in [4.69, 9.17) is 10.5 Å². The summed E-state index contributed by atoms with van der Waals surface area (Å²) < 4.78 is 4.92. The van der Waals surface area contributed by atoms with Crippen molar-refractivity contribution in [1.29, 1.82) is 0 Å². The van der Waals surface area contributed by atoms with Gasteiger partial charge in [-0.25, -0.2) is 4.98 Å². The molecule has 0 aliphatic rings. The maximum atomic E-state index is 10.8. The fourth-order valence-electron chi connectivity index (χ4n) is 0.989. The summed E-state index contributed by atoms with van der Waals surface area (Å²) in [6.45, 7) is 1.74. The fourth-order valence-corrected chi connectivity index (χ4v) is 0.989. The van der Waals surface area contributed by atoms with Crippen LogP contribution in [0.2, 0.25) is 0 Å². The molecule has 0 fully saturated rings. The Morgan fingerprint density at radius 3 is 2.83 bits per heavy atom. The van der Waals surface area contributed by atoms with Crippen LogP contribution in [0.15, 0.2) is 12.3 Å². The molecule has 0 aliphatic heterocycles. The highest BCUT2D eigenvalue weighted by Gasteiger charge is 2.08. The van der Waals surface area contributed by atoms with Gasteiger partial charge in [0, 0.05) is 17.3 Å². The number of carbonyl (C=O) groups excluding carboxylic acids is 1. The third kappa shape index (κ3) is 1.37. The summed E-state index contributed by atoms with van der Waals surface area (Å²) in [4.78, 5) is 14.7. The lowest BCUT2D eigenvalue weighted by atomic mass is 10.1. The number of hydrogen-bond acceptors (Lipinski definition) is 3. The number of pyridine rings is 1. The van der Waals surface area contributed by atoms with E-state index >= 15 is 0 Å². The molecule has 4 nitrogen and oxygen atoms in total. The van der Waals surface area contributed by atoms with Crippen LogP contribution in [0.25, 0.3) is 0 Å². The normalized spacial score (nSPS) is 9.50. The van der Waals surface area contributed by atoms with Gasteiger partial charge in [0.25, 0.3) is 0 Å². The monoisotopic (exact) mass is 166 g/mol. The summed E-state index contributed by atoms with van der Waals surface area (Å²) in [5.41, 5.74) is 6.24. The van der Waals surface area contributed by atoms with Gasteiger partial charge in [0.15, 0.2) is 0 Å². The molecule has 1 aromatic rings. The number of nitrogens with zero attached hydrogens (tertiary/aromatic N) is 1.